The van der Waals surface area contributed by atoms with Gasteiger partial charge in [0.25, 0.3) is 0 Å². The molecule has 88 valence electrons. The molecule has 5 heteroatoms. The van der Waals surface area contributed by atoms with E-state index < -0.39 is 5.97 Å². The molecule has 1 rings (SSSR count). The number of nitriles is 1. The molecule has 0 heterocycles. The van der Waals surface area contributed by atoms with Gasteiger partial charge in [-0.1, -0.05) is 0 Å². The maximum atomic E-state index is 11.1. The van der Waals surface area contributed by atoms with Crippen LogP contribution >= 0.6 is 0 Å². The number of carbonyl (C=O) groups excluding carboxylic acids is 1. The van der Waals surface area contributed by atoms with Gasteiger partial charge in [0.1, 0.15) is 6.07 Å². The zero-order valence-corrected chi connectivity index (χ0v) is 9.97. The van der Waals surface area contributed by atoms with Gasteiger partial charge >= 0.3 is 5.97 Å². The maximum Gasteiger partial charge on any atom is 0.367 e. The number of benzene rings is 1. The lowest BCUT2D eigenvalue weighted by Gasteiger charge is -2.11. The average Bonchev–Trinajstić information content (AvgIpc) is 2.35. The SMILES string of the molecule is COC(=O)C(C#N)=Nc1ccc(N(C)C)cc1. The van der Waals surface area contributed by atoms with Gasteiger partial charge in [0, 0.05) is 19.8 Å². The molecule has 0 unspecified atom stereocenters. The molecular weight excluding hydrogens is 218 g/mol. The molecule has 0 aliphatic rings. The number of hydrogen-bond acceptors (Lipinski definition) is 5. The number of ether oxygens (including phenoxy) is 1. The van der Waals surface area contributed by atoms with E-state index in [2.05, 4.69) is 9.73 Å². The summed E-state index contributed by atoms with van der Waals surface area (Å²) in [6, 6.07) is 8.87. The topological polar surface area (TPSA) is 65.7 Å². The summed E-state index contributed by atoms with van der Waals surface area (Å²) in [5.74, 6) is -0.732. The smallest absolute Gasteiger partial charge is 0.367 e. The molecule has 0 radical (unpaired) electrons. The Labute approximate surface area is 99.9 Å². The van der Waals surface area contributed by atoms with Gasteiger partial charge in [-0.25, -0.2) is 9.79 Å². The van der Waals surface area contributed by atoms with Crippen molar-refractivity contribution < 1.29 is 9.53 Å². The second kappa shape index (κ2) is 5.66. The molecule has 1 aromatic rings. The predicted octanol–water partition coefficient (Wildman–Crippen LogP) is 1.52. The van der Waals surface area contributed by atoms with Crippen molar-refractivity contribution in [3.05, 3.63) is 24.3 Å². The normalized spacial score (nSPS) is 10.6. The van der Waals surface area contributed by atoms with Crippen LogP contribution in [0, 0.1) is 11.3 Å². The standard InChI is InChI=1S/C12H13N3O2/c1-15(2)10-6-4-9(5-7-10)14-11(8-13)12(16)17-3/h4-7H,1-3H3. The number of rotatable bonds is 3. The molecule has 0 N–H and O–H groups in total. The summed E-state index contributed by atoms with van der Waals surface area (Å²) < 4.78 is 4.44. The van der Waals surface area contributed by atoms with E-state index in [4.69, 9.17) is 5.26 Å². The Morgan fingerprint density at radius 2 is 1.94 bits per heavy atom. The van der Waals surface area contributed by atoms with E-state index in [0.29, 0.717) is 5.69 Å². The minimum Gasteiger partial charge on any atom is -0.464 e. The molecule has 0 aliphatic carbocycles. The monoisotopic (exact) mass is 231 g/mol. The minimum atomic E-state index is -0.732. The van der Waals surface area contributed by atoms with Crippen molar-refractivity contribution in [3.8, 4) is 6.07 Å². The molecule has 0 aromatic heterocycles. The van der Waals surface area contributed by atoms with Gasteiger partial charge in [-0.3, -0.25) is 0 Å². The Hall–Kier alpha value is -2.35. The number of carbonyl (C=O) groups is 1. The number of esters is 1. The molecule has 17 heavy (non-hydrogen) atoms. The number of methoxy groups -OCH3 is 1. The van der Waals surface area contributed by atoms with Crippen molar-refractivity contribution in [1.29, 1.82) is 5.26 Å². The van der Waals surface area contributed by atoms with Crippen molar-refractivity contribution in [1.82, 2.24) is 0 Å². The number of anilines is 1. The first-order valence-electron chi connectivity index (χ1n) is 4.93. The summed E-state index contributed by atoms with van der Waals surface area (Å²) in [4.78, 5) is 17.0. The molecule has 0 amide bonds. The molecule has 1 aromatic carbocycles. The molecule has 0 atom stereocenters. The summed E-state index contributed by atoms with van der Waals surface area (Å²) >= 11 is 0. The Morgan fingerprint density at radius 1 is 1.35 bits per heavy atom. The Kier molecular flexibility index (Phi) is 4.23. The quantitative estimate of drug-likeness (QED) is 0.584. The van der Waals surface area contributed by atoms with Gasteiger partial charge in [0.2, 0.25) is 5.71 Å². The fourth-order valence-electron chi connectivity index (χ4n) is 1.17. The fraction of sp³-hybridized carbons (Fsp3) is 0.250. The lowest BCUT2D eigenvalue weighted by atomic mass is 10.2. The van der Waals surface area contributed by atoms with Crippen molar-refractivity contribution >= 4 is 23.1 Å². The molecule has 0 saturated carbocycles. The highest BCUT2D eigenvalue weighted by Gasteiger charge is 2.10. The summed E-state index contributed by atoms with van der Waals surface area (Å²) in [5.41, 5.74) is 1.29. The third-order valence-corrected chi connectivity index (χ3v) is 2.09. The third-order valence-electron chi connectivity index (χ3n) is 2.09. The van der Waals surface area contributed by atoms with Gasteiger partial charge in [-0.15, -0.1) is 0 Å². The molecule has 0 spiro atoms. The average molecular weight is 231 g/mol. The number of nitrogens with zero attached hydrogens (tertiary/aromatic N) is 3. The van der Waals surface area contributed by atoms with Gasteiger partial charge < -0.3 is 9.64 Å². The summed E-state index contributed by atoms with van der Waals surface area (Å²) in [7, 11) is 5.06. The van der Waals surface area contributed by atoms with Crippen LogP contribution < -0.4 is 4.90 Å². The van der Waals surface area contributed by atoms with E-state index in [1.54, 1.807) is 18.2 Å². The fourth-order valence-corrected chi connectivity index (χ4v) is 1.17. The Balaban J connectivity index is 2.98. The van der Waals surface area contributed by atoms with E-state index in [-0.39, 0.29) is 5.71 Å². The van der Waals surface area contributed by atoms with Crippen molar-refractivity contribution in [3.63, 3.8) is 0 Å². The molecule has 0 bridgehead atoms. The van der Waals surface area contributed by atoms with E-state index in [9.17, 15) is 4.79 Å². The third kappa shape index (κ3) is 3.31. The van der Waals surface area contributed by atoms with Gasteiger partial charge in [-0.05, 0) is 24.3 Å². The van der Waals surface area contributed by atoms with Gasteiger partial charge in [-0.2, -0.15) is 5.26 Å². The van der Waals surface area contributed by atoms with Crippen LogP contribution in [0.25, 0.3) is 0 Å². The number of hydrogen-bond donors (Lipinski definition) is 0. The number of aliphatic imine (C=N–C) groups is 1. The van der Waals surface area contributed by atoms with Crippen molar-refractivity contribution in [2.45, 2.75) is 0 Å². The Bertz CT molecular complexity index is 470. The highest BCUT2D eigenvalue weighted by atomic mass is 16.5. The van der Waals surface area contributed by atoms with Crippen LogP contribution in [0.2, 0.25) is 0 Å². The van der Waals surface area contributed by atoms with Crippen LogP contribution in [-0.4, -0.2) is 32.9 Å². The first-order valence-corrected chi connectivity index (χ1v) is 4.93. The first-order chi connectivity index (χ1) is 8.08. The zero-order valence-electron chi connectivity index (χ0n) is 9.97. The second-order valence-corrected chi connectivity index (χ2v) is 3.47. The molecule has 0 aliphatic heterocycles. The largest absolute Gasteiger partial charge is 0.464 e. The van der Waals surface area contributed by atoms with Crippen LogP contribution in [0.1, 0.15) is 0 Å². The Morgan fingerprint density at radius 3 is 2.35 bits per heavy atom. The highest BCUT2D eigenvalue weighted by molar-refractivity contribution is 6.43. The highest BCUT2D eigenvalue weighted by Crippen LogP contribution is 2.18. The van der Waals surface area contributed by atoms with Crippen LogP contribution in [-0.2, 0) is 9.53 Å². The predicted molar refractivity (Wildman–Crippen MR) is 65.5 cm³/mol. The lowest BCUT2D eigenvalue weighted by molar-refractivity contribution is -0.132. The summed E-state index contributed by atoms with van der Waals surface area (Å²) in [6.45, 7) is 0. The zero-order chi connectivity index (χ0) is 12.8. The van der Waals surface area contributed by atoms with Crippen LogP contribution in [0.5, 0.6) is 0 Å². The lowest BCUT2D eigenvalue weighted by Crippen LogP contribution is -2.13. The van der Waals surface area contributed by atoms with Crippen molar-refractivity contribution in [2.75, 3.05) is 26.1 Å². The molecule has 0 fully saturated rings. The maximum absolute atomic E-state index is 11.1. The van der Waals surface area contributed by atoms with E-state index in [0.717, 1.165) is 5.69 Å². The minimum absolute atomic E-state index is 0.259. The van der Waals surface area contributed by atoms with Gasteiger partial charge in [0.15, 0.2) is 0 Å². The van der Waals surface area contributed by atoms with Crippen LogP contribution in [0.4, 0.5) is 11.4 Å². The van der Waals surface area contributed by atoms with Crippen molar-refractivity contribution in [2.24, 2.45) is 4.99 Å². The molecular formula is C12H13N3O2. The van der Waals surface area contributed by atoms with E-state index >= 15 is 0 Å². The van der Waals surface area contributed by atoms with E-state index in [1.807, 2.05) is 31.1 Å². The summed E-state index contributed by atoms with van der Waals surface area (Å²) in [6.07, 6.45) is 0. The second-order valence-electron chi connectivity index (χ2n) is 3.47. The van der Waals surface area contributed by atoms with E-state index in [1.165, 1.54) is 7.11 Å². The molecule has 0 saturated heterocycles. The summed E-state index contributed by atoms with van der Waals surface area (Å²) in [5, 5.41) is 8.74. The molecule has 5 nitrogen and oxygen atoms in total. The van der Waals surface area contributed by atoms with Crippen LogP contribution in [0.3, 0.4) is 0 Å². The van der Waals surface area contributed by atoms with Gasteiger partial charge in [0.05, 0.1) is 12.8 Å². The first kappa shape index (κ1) is 12.7. The van der Waals surface area contributed by atoms with Crippen LogP contribution in [0.15, 0.2) is 29.3 Å².